The first-order chi connectivity index (χ1) is 7.15. The van der Waals surface area contributed by atoms with Crippen LogP contribution in [0, 0.1) is 0 Å². The van der Waals surface area contributed by atoms with Gasteiger partial charge in [0, 0.05) is 10.6 Å². The van der Waals surface area contributed by atoms with Crippen molar-refractivity contribution < 1.29 is 4.79 Å². The molecule has 0 saturated carbocycles. The van der Waals surface area contributed by atoms with Crippen LogP contribution in [0.15, 0.2) is 24.3 Å². The third kappa shape index (κ3) is 3.88. The first-order valence-corrected chi connectivity index (χ1v) is 6.49. The van der Waals surface area contributed by atoms with Crippen LogP contribution in [0.25, 0.3) is 0 Å². The fourth-order valence-electron chi connectivity index (χ4n) is 1.22. The molecule has 82 valence electrons. The smallest absolute Gasteiger partial charge is 0.175 e. The topological polar surface area (TPSA) is 17.1 Å². The maximum Gasteiger partial charge on any atom is 0.175 e. The van der Waals surface area contributed by atoms with E-state index in [1.165, 1.54) is 0 Å². The molecular weight excluding hydrogens is 228 g/mol. The highest BCUT2D eigenvalue weighted by Gasteiger charge is 2.14. The number of thioether (sulfide) groups is 1. The number of benzene rings is 1. The van der Waals surface area contributed by atoms with Crippen LogP contribution in [0.4, 0.5) is 0 Å². The van der Waals surface area contributed by atoms with Crippen molar-refractivity contribution in [2.24, 2.45) is 0 Å². The van der Waals surface area contributed by atoms with Crippen molar-refractivity contribution in [1.29, 1.82) is 0 Å². The predicted molar refractivity (Wildman–Crippen MR) is 68.0 cm³/mol. The molecule has 1 rings (SSSR count). The Morgan fingerprint density at radius 1 is 1.40 bits per heavy atom. The van der Waals surface area contributed by atoms with Gasteiger partial charge in [-0.05, 0) is 43.4 Å². The molecule has 0 aliphatic heterocycles. The molecule has 0 heterocycles. The molecule has 1 nitrogen and oxygen atoms in total. The Hall–Kier alpha value is -0.470. The molecule has 1 atom stereocenters. The molecule has 0 aromatic heterocycles. The summed E-state index contributed by atoms with van der Waals surface area (Å²) in [6.07, 6.45) is 1.10. The van der Waals surface area contributed by atoms with Crippen LogP contribution in [-0.4, -0.2) is 16.8 Å². The van der Waals surface area contributed by atoms with Crippen molar-refractivity contribution in [3.8, 4) is 0 Å². The van der Waals surface area contributed by atoms with Crippen molar-refractivity contribution in [2.75, 3.05) is 5.75 Å². The Morgan fingerprint density at radius 2 is 2.00 bits per heavy atom. The quantitative estimate of drug-likeness (QED) is 0.725. The van der Waals surface area contributed by atoms with Crippen LogP contribution >= 0.6 is 23.4 Å². The van der Waals surface area contributed by atoms with E-state index in [-0.39, 0.29) is 11.0 Å². The summed E-state index contributed by atoms with van der Waals surface area (Å²) in [6.45, 7) is 4.07. The van der Waals surface area contributed by atoms with E-state index < -0.39 is 0 Å². The van der Waals surface area contributed by atoms with Gasteiger partial charge in [0.1, 0.15) is 0 Å². The highest BCUT2D eigenvalue weighted by molar-refractivity contribution is 8.00. The van der Waals surface area contributed by atoms with E-state index in [4.69, 9.17) is 11.6 Å². The van der Waals surface area contributed by atoms with Crippen LogP contribution in [0.3, 0.4) is 0 Å². The molecular formula is C12H15ClOS. The summed E-state index contributed by atoms with van der Waals surface area (Å²) in [5.74, 6) is 1.21. The molecule has 0 saturated heterocycles. The van der Waals surface area contributed by atoms with Crippen molar-refractivity contribution in [3.63, 3.8) is 0 Å². The van der Waals surface area contributed by atoms with E-state index in [0.29, 0.717) is 5.02 Å². The molecule has 1 aromatic carbocycles. The second-order valence-corrected chi connectivity index (χ2v) is 5.27. The molecule has 0 fully saturated rings. The maximum atomic E-state index is 11.9. The van der Waals surface area contributed by atoms with Crippen molar-refractivity contribution >= 4 is 29.1 Å². The monoisotopic (exact) mass is 242 g/mol. The lowest BCUT2D eigenvalue weighted by Crippen LogP contribution is -2.13. The Balaban J connectivity index is 2.63. The molecule has 0 radical (unpaired) electrons. The molecule has 15 heavy (non-hydrogen) atoms. The minimum Gasteiger partial charge on any atom is -0.293 e. The molecule has 0 N–H and O–H groups in total. The third-order valence-electron chi connectivity index (χ3n) is 2.07. The van der Waals surface area contributed by atoms with Gasteiger partial charge in [0.15, 0.2) is 5.78 Å². The summed E-state index contributed by atoms with van der Waals surface area (Å²) in [6, 6.07) is 7.08. The summed E-state index contributed by atoms with van der Waals surface area (Å²) in [5, 5.41) is 0.700. The van der Waals surface area contributed by atoms with Crippen LogP contribution in [-0.2, 0) is 0 Å². The first-order valence-electron chi connectivity index (χ1n) is 5.06. The zero-order valence-electron chi connectivity index (χ0n) is 9.00. The Kier molecular flexibility index (Phi) is 5.20. The van der Waals surface area contributed by atoms with Gasteiger partial charge in [0.2, 0.25) is 0 Å². The minimum atomic E-state index is 0.0334. The molecule has 0 bridgehead atoms. The molecule has 0 aliphatic carbocycles. The summed E-state index contributed by atoms with van der Waals surface area (Å²) in [5.41, 5.74) is 0.746. The van der Waals surface area contributed by atoms with Crippen LogP contribution in [0.1, 0.15) is 30.6 Å². The van der Waals surface area contributed by atoms with Gasteiger partial charge in [-0.1, -0.05) is 18.5 Å². The van der Waals surface area contributed by atoms with Crippen LogP contribution < -0.4 is 0 Å². The average Bonchev–Trinajstić information content (AvgIpc) is 2.26. The van der Waals surface area contributed by atoms with Crippen molar-refractivity contribution in [1.82, 2.24) is 0 Å². The van der Waals surface area contributed by atoms with Gasteiger partial charge in [-0.15, -0.1) is 0 Å². The standard InChI is InChI=1S/C12H15ClOS/c1-3-8-15-9(2)12(14)10-4-6-11(13)7-5-10/h4-7,9H,3,8H2,1-2H3. The fraction of sp³-hybridized carbons (Fsp3) is 0.417. The number of ketones is 1. The molecule has 0 aliphatic rings. The van der Waals surface area contributed by atoms with Crippen molar-refractivity contribution in [3.05, 3.63) is 34.9 Å². The summed E-state index contributed by atoms with van der Waals surface area (Å²) >= 11 is 7.46. The summed E-state index contributed by atoms with van der Waals surface area (Å²) < 4.78 is 0. The lowest BCUT2D eigenvalue weighted by molar-refractivity contribution is 0.0994. The molecule has 0 spiro atoms. The lowest BCUT2D eigenvalue weighted by atomic mass is 10.1. The maximum absolute atomic E-state index is 11.9. The SMILES string of the molecule is CCCSC(C)C(=O)c1ccc(Cl)cc1. The Bertz CT molecular complexity index is 321. The minimum absolute atomic E-state index is 0.0334. The number of hydrogen-bond acceptors (Lipinski definition) is 2. The Labute approximate surface area is 100 Å². The highest BCUT2D eigenvalue weighted by atomic mass is 35.5. The molecule has 0 amide bonds. The highest BCUT2D eigenvalue weighted by Crippen LogP contribution is 2.18. The van der Waals surface area contributed by atoms with Gasteiger partial charge < -0.3 is 0 Å². The zero-order chi connectivity index (χ0) is 11.3. The van der Waals surface area contributed by atoms with Gasteiger partial charge in [0.05, 0.1) is 5.25 Å². The number of halogens is 1. The predicted octanol–water partition coefficient (Wildman–Crippen LogP) is 4.05. The van der Waals surface area contributed by atoms with Gasteiger partial charge >= 0.3 is 0 Å². The van der Waals surface area contributed by atoms with E-state index >= 15 is 0 Å². The van der Waals surface area contributed by atoms with E-state index in [2.05, 4.69) is 6.92 Å². The second-order valence-electron chi connectivity index (χ2n) is 3.38. The summed E-state index contributed by atoms with van der Waals surface area (Å²) in [7, 11) is 0. The van der Waals surface area contributed by atoms with Crippen LogP contribution in [0.5, 0.6) is 0 Å². The molecule has 3 heteroatoms. The normalized spacial score (nSPS) is 12.5. The largest absolute Gasteiger partial charge is 0.293 e. The van der Waals surface area contributed by atoms with Gasteiger partial charge in [0.25, 0.3) is 0 Å². The van der Waals surface area contributed by atoms with E-state index in [9.17, 15) is 4.79 Å². The van der Waals surface area contributed by atoms with E-state index in [0.717, 1.165) is 17.7 Å². The Morgan fingerprint density at radius 3 is 2.53 bits per heavy atom. The summed E-state index contributed by atoms with van der Waals surface area (Å²) in [4.78, 5) is 11.9. The number of Topliss-reactive ketones (excluding diaryl/α,β-unsaturated/α-hetero) is 1. The number of carbonyl (C=O) groups excluding carboxylic acids is 1. The van der Waals surface area contributed by atoms with E-state index in [1.54, 1.807) is 36.0 Å². The van der Waals surface area contributed by atoms with Crippen molar-refractivity contribution in [2.45, 2.75) is 25.5 Å². The van der Waals surface area contributed by atoms with E-state index in [1.807, 2.05) is 6.92 Å². The first kappa shape index (κ1) is 12.6. The average molecular weight is 243 g/mol. The zero-order valence-corrected chi connectivity index (χ0v) is 10.6. The van der Waals surface area contributed by atoms with Gasteiger partial charge in [-0.2, -0.15) is 11.8 Å². The van der Waals surface area contributed by atoms with Gasteiger partial charge in [-0.25, -0.2) is 0 Å². The number of rotatable bonds is 5. The molecule has 1 aromatic rings. The second kappa shape index (κ2) is 6.19. The van der Waals surface area contributed by atoms with Gasteiger partial charge in [-0.3, -0.25) is 4.79 Å². The lowest BCUT2D eigenvalue weighted by Gasteiger charge is -2.09. The molecule has 1 unspecified atom stereocenters. The number of hydrogen-bond donors (Lipinski definition) is 0. The van der Waals surface area contributed by atoms with Crippen LogP contribution in [0.2, 0.25) is 5.02 Å². The fourth-order valence-corrected chi connectivity index (χ4v) is 2.22. The third-order valence-corrected chi connectivity index (χ3v) is 3.68. The number of carbonyl (C=O) groups is 1.